The van der Waals surface area contributed by atoms with Crippen molar-refractivity contribution >= 4 is 11.8 Å². The Labute approximate surface area is 112 Å². The molecule has 1 rings (SSSR count). The summed E-state index contributed by atoms with van der Waals surface area (Å²) in [6.45, 7) is 2.52. The highest BCUT2D eigenvalue weighted by atomic mass is 16.6. The molecule has 0 heterocycles. The average molecular weight is 269 g/mol. The molecule has 1 aromatic carbocycles. The number of hydrogen-bond acceptors (Lipinski definition) is 5. The first-order valence-electron chi connectivity index (χ1n) is 5.94. The highest BCUT2D eigenvalue weighted by Crippen LogP contribution is 2.25. The molecule has 1 amide bonds. The summed E-state index contributed by atoms with van der Waals surface area (Å²) in [6, 6.07) is 5.40. The maximum atomic E-state index is 11.4. The van der Waals surface area contributed by atoms with E-state index in [2.05, 4.69) is 5.32 Å². The normalized spacial score (nSPS) is 10.1. The van der Waals surface area contributed by atoms with Crippen LogP contribution in [0, 0.1) is 6.92 Å². The van der Waals surface area contributed by atoms with Crippen LogP contribution in [0.2, 0.25) is 0 Å². The average Bonchev–Trinajstić information content (AvgIpc) is 2.39. The predicted molar refractivity (Wildman–Crippen MR) is 70.6 cm³/mol. The second-order valence-electron chi connectivity index (χ2n) is 3.83. The number of hydrogen-bond donors (Lipinski definition) is 2. The highest BCUT2D eigenvalue weighted by Gasteiger charge is 2.09. The van der Waals surface area contributed by atoms with Crippen molar-refractivity contribution in [2.24, 2.45) is 0 Å². The topological polar surface area (TPSA) is 77.0 Å². The zero-order valence-electron chi connectivity index (χ0n) is 11.1. The number of aliphatic hydroxyl groups excluding tert-OH is 1. The molecular formula is C13H19NO5. The van der Waals surface area contributed by atoms with Gasteiger partial charge in [-0.25, -0.2) is 4.79 Å². The molecule has 0 unspecified atom stereocenters. The number of carbonyl (C=O) groups is 1. The van der Waals surface area contributed by atoms with E-state index in [9.17, 15) is 4.79 Å². The summed E-state index contributed by atoms with van der Waals surface area (Å²) in [4.78, 5) is 11.4. The van der Waals surface area contributed by atoms with Gasteiger partial charge >= 0.3 is 6.09 Å². The van der Waals surface area contributed by atoms with E-state index in [0.29, 0.717) is 24.7 Å². The fourth-order valence-corrected chi connectivity index (χ4v) is 1.37. The molecule has 0 atom stereocenters. The third-order valence-electron chi connectivity index (χ3n) is 2.24. The number of ether oxygens (including phenoxy) is 3. The number of rotatable bonds is 7. The van der Waals surface area contributed by atoms with Gasteiger partial charge in [-0.2, -0.15) is 0 Å². The Bertz CT molecular complexity index is 408. The molecule has 2 N–H and O–H groups in total. The van der Waals surface area contributed by atoms with Crippen molar-refractivity contribution in [3.8, 4) is 5.75 Å². The van der Waals surface area contributed by atoms with Gasteiger partial charge in [0.05, 0.1) is 18.9 Å². The molecule has 1 aromatic rings. The Morgan fingerprint density at radius 2 is 2.11 bits per heavy atom. The number of methoxy groups -OCH3 is 1. The van der Waals surface area contributed by atoms with E-state index in [1.54, 1.807) is 13.2 Å². The molecule has 0 spiro atoms. The molecule has 0 aliphatic rings. The number of amides is 1. The van der Waals surface area contributed by atoms with Crippen molar-refractivity contribution < 1.29 is 24.1 Å². The lowest BCUT2D eigenvalue weighted by Gasteiger charge is -2.13. The van der Waals surface area contributed by atoms with Crippen molar-refractivity contribution in [3.63, 3.8) is 0 Å². The van der Waals surface area contributed by atoms with Crippen LogP contribution in [0.1, 0.15) is 5.56 Å². The predicted octanol–water partition coefficient (Wildman–Crippen LogP) is 1.56. The third-order valence-corrected chi connectivity index (χ3v) is 2.24. The second kappa shape index (κ2) is 8.34. The molecule has 0 aromatic heterocycles. The summed E-state index contributed by atoms with van der Waals surface area (Å²) in [6.07, 6.45) is -0.630. The maximum Gasteiger partial charge on any atom is 0.411 e. The van der Waals surface area contributed by atoms with Crippen LogP contribution in [-0.4, -0.2) is 44.7 Å². The quantitative estimate of drug-likeness (QED) is 0.735. The van der Waals surface area contributed by atoms with E-state index < -0.39 is 6.09 Å². The molecule has 6 nitrogen and oxygen atoms in total. The Kier molecular flexibility index (Phi) is 6.70. The first kappa shape index (κ1) is 15.3. The number of nitrogens with one attached hydrogen (secondary N) is 1. The smallest absolute Gasteiger partial charge is 0.411 e. The summed E-state index contributed by atoms with van der Waals surface area (Å²) < 4.78 is 15.1. The molecule has 6 heteroatoms. The minimum absolute atomic E-state index is 0.0441. The standard InChI is InChI=1S/C13H19NO5/c1-10-3-4-11(14-13(16)19-6-5-15)12(9-10)18-8-7-17-2/h3-4,9,15H,5-8H2,1-2H3,(H,14,16). The molecule has 0 radical (unpaired) electrons. The monoisotopic (exact) mass is 269 g/mol. The largest absolute Gasteiger partial charge is 0.489 e. The van der Waals surface area contributed by atoms with Crippen molar-refractivity contribution in [2.45, 2.75) is 6.92 Å². The van der Waals surface area contributed by atoms with Gasteiger partial charge in [-0.05, 0) is 24.6 Å². The Morgan fingerprint density at radius 1 is 1.32 bits per heavy atom. The second-order valence-corrected chi connectivity index (χ2v) is 3.83. The van der Waals surface area contributed by atoms with Crippen LogP contribution in [-0.2, 0) is 9.47 Å². The third kappa shape index (κ3) is 5.58. The lowest BCUT2D eigenvalue weighted by molar-refractivity contribution is 0.131. The molecule has 0 bridgehead atoms. The molecule has 0 saturated heterocycles. The van der Waals surface area contributed by atoms with Crippen LogP contribution in [0.3, 0.4) is 0 Å². The summed E-state index contributed by atoms with van der Waals surface area (Å²) in [7, 11) is 1.59. The van der Waals surface area contributed by atoms with Gasteiger partial charge in [-0.3, -0.25) is 5.32 Å². The molecule has 0 fully saturated rings. The van der Waals surface area contributed by atoms with Crippen molar-refractivity contribution in [1.29, 1.82) is 0 Å². The van der Waals surface area contributed by atoms with E-state index >= 15 is 0 Å². The number of aliphatic hydroxyl groups is 1. The van der Waals surface area contributed by atoms with Gasteiger partial charge in [0.15, 0.2) is 0 Å². The summed E-state index contributed by atoms with van der Waals surface area (Å²) in [5, 5.41) is 11.1. The van der Waals surface area contributed by atoms with E-state index in [4.69, 9.17) is 19.3 Å². The molecule has 0 saturated carbocycles. The summed E-state index contributed by atoms with van der Waals surface area (Å²) >= 11 is 0. The Morgan fingerprint density at radius 3 is 2.79 bits per heavy atom. The van der Waals surface area contributed by atoms with Crippen LogP contribution in [0.15, 0.2) is 18.2 Å². The van der Waals surface area contributed by atoms with Crippen molar-refractivity contribution in [2.75, 3.05) is 38.9 Å². The SMILES string of the molecule is COCCOc1cc(C)ccc1NC(=O)OCCO. The minimum atomic E-state index is -0.630. The van der Waals surface area contributed by atoms with E-state index in [0.717, 1.165) is 5.56 Å². The highest BCUT2D eigenvalue weighted by molar-refractivity contribution is 5.86. The van der Waals surface area contributed by atoms with Crippen LogP contribution >= 0.6 is 0 Å². The summed E-state index contributed by atoms with van der Waals surface area (Å²) in [5.74, 6) is 0.554. The van der Waals surface area contributed by atoms with Gasteiger partial charge in [0.25, 0.3) is 0 Å². The molecule has 19 heavy (non-hydrogen) atoms. The van der Waals surface area contributed by atoms with Crippen molar-refractivity contribution in [3.05, 3.63) is 23.8 Å². The van der Waals surface area contributed by atoms with Gasteiger partial charge in [-0.1, -0.05) is 6.07 Å². The van der Waals surface area contributed by atoms with Crippen LogP contribution in [0.5, 0.6) is 5.75 Å². The molecular weight excluding hydrogens is 250 g/mol. The zero-order chi connectivity index (χ0) is 14.1. The molecule has 0 aliphatic carbocycles. The van der Waals surface area contributed by atoms with E-state index in [1.807, 2.05) is 19.1 Å². The van der Waals surface area contributed by atoms with E-state index in [-0.39, 0.29) is 13.2 Å². The zero-order valence-corrected chi connectivity index (χ0v) is 11.1. The number of anilines is 1. The summed E-state index contributed by atoms with van der Waals surface area (Å²) in [5.41, 5.74) is 1.53. The number of carbonyl (C=O) groups excluding carboxylic acids is 1. The Balaban J connectivity index is 2.67. The fourth-order valence-electron chi connectivity index (χ4n) is 1.37. The Hall–Kier alpha value is -1.79. The first-order chi connectivity index (χ1) is 9.17. The van der Waals surface area contributed by atoms with Crippen LogP contribution < -0.4 is 10.1 Å². The van der Waals surface area contributed by atoms with Gasteiger partial charge in [-0.15, -0.1) is 0 Å². The first-order valence-corrected chi connectivity index (χ1v) is 5.94. The molecule has 0 aliphatic heterocycles. The van der Waals surface area contributed by atoms with Gasteiger partial charge in [0.1, 0.15) is 19.0 Å². The number of aryl methyl sites for hydroxylation is 1. The number of benzene rings is 1. The van der Waals surface area contributed by atoms with Gasteiger partial charge < -0.3 is 19.3 Å². The fraction of sp³-hybridized carbons (Fsp3) is 0.462. The van der Waals surface area contributed by atoms with Gasteiger partial charge in [0.2, 0.25) is 0 Å². The molecule has 106 valence electrons. The lowest BCUT2D eigenvalue weighted by atomic mass is 10.2. The van der Waals surface area contributed by atoms with Gasteiger partial charge in [0, 0.05) is 7.11 Å². The lowest BCUT2D eigenvalue weighted by Crippen LogP contribution is -2.17. The van der Waals surface area contributed by atoms with Crippen LogP contribution in [0.25, 0.3) is 0 Å². The van der Waals surface area contributed by atoms with E-state index in [1.165, 1.54) is 0 Å². The maximum absolute atomic E-state index is 11.4. The van der Waals surface area contributed by atoms with Crippen molar-refractivity contribution in [1.82, 2.24) is 0 Å². The minimum Gasteiger partial charge on any atom is -0.489 e. The van der Waals surface area contributed by atoms with Crippen LogP contribution in [0.4, 0.5) is 10.5 Å².